The molecule has 2 rings (SSSR count). The summed E-state index contributed by atoms with van der Waals surface area (Å²) in [5, 5.41) is 13.4. The van der Waals surface area contributed by atoms with Gasteiger partial charge in [-0.05, 0) is 31.3 Å². The third-order valence-corrected chi connectivity index (χ3v) is 3.61. The van der Waals surface area contributed by atoms with E-state index in [4.69, 9.17) is 5.73 Å². The Labute approximate surface area is 97.4 Å². The zero-order valence-corrected chi connectivity index (χ0v) is 9.73. The van der Waals surface area contributed by atoms with Gasteiger partial charge in [0.2, 0.25) is 0 Å². The first-order valence-electron chi connectivity index (χ1n) is 6.33. The summed E-state index contributed by atoms with van der Waals surface area (Å²) in [6, 6.07) is 0.240. The summed E-state index contributed by atoms with van der Waals surface area (Å²) in [6.07, 6.45) is 12.6. The molecule has 0 saturated heterocycles. The van der Waals surface area contributed by atoms with Gasteiger partial charge in [-0.15, -0.1) is 0 Å². The average molecular weight is 222 g/mol. The molecule has 1 saturated carbocycles. The van der Waals surface area contributed by atoms with E-state index >= 15 is 0 Å². The van der Waals surface area contributed by atoms with Gasteiger partial charge in [0.25, 0.3) is 0 Å². The molecule has 90 valence electrons. The maximum absolute atomic E-state index is 10.1. The number of nitrogens with one attached hydrogen (secondary N) is 1. The minimum absolute atomic E-state index is 0.240. The maximum atomic E-state index is 10.1. The Balaban J connectivity index is 1.78. The van der Waals surface area contributed by atoms with Crippen LogP contribution >= 0.6 is 0 Å². The fourth-order valence-corrected chi connectivity index (χ4v) is 2.57. The molecule has 2 aliphatic carbocycles. The number of allylic oxidation sites excluding steroid dienone is 1. The van der Waals surface area contributed by atoms with Crippen LogP contribution in [0.5, 0.6) is 0 Å². The van der Waals surface area contributed by atoms with E-state index in [0.29, 0.717) is 5.92 Å². The molecule has 3 heteroatoms. The van der Waals surface area contributed by atoms with Crippen LogP contribution in [-0.4, -0.2) is 17.4 Å². The highest BCUT2D eigenvalue weighted by molar-refractivity contribution is 5.22. The Bertz CT molecular complexity index is 280. The Morgan fingerprint density at radius 3 is 2.69 bits per heavy atom. The number of aliphatic hydroxyl groups excluding tert-OH is 1. The Morgan fingerprint density at radius 2 is 2.06 bits per heavy atom. The highest BCUT2D eigenvalue weighted by Gasteiger charge is 2.23. The van der Waals surface area contributed by atoms with Crippen LogP contribution in [0.2, 0.25) is 0 Å². The number of nitrogens with two attached hydrogens (primary N) is 1. The number of rotatable bonds is 3. The van der Waals surface area contributed by atoms with Crippen molar-refractivity contribution in [1.29, 1.82) is 0 Å². The van der Waals surface area contributed by atoms with E-state index in [1.807, 2.05) is 18.2 Å². The molecule has 0 spiro atoms. The van der Waals surface area contributed by atoms with Crippen molar-refractivity contribution in [2.24, 2.45) is 11.7 Å². The van der Waals surface area contributed by atoms with E-state index < -0.39 is 0 Å². The smallest absolute Gasteiger partial charge is 0.108 e. The van der Waals surface area contributed by atoms with Gasteiger partial charge in [0, 0.05) is 11.7 Å². The highest BCUT2D eigenvalue weighted by atomic mass is 16.3. The molecule has 0 heterocycles. The first kappa shape index (κ1) is 11.7. The zero-order chi connectivity index (χ0) is 11.4. The molecule has 4 N–H and O–H groups in total. The van der Waals surface area contributed by atoms with Gasteiger partial charge in [0.1, 0.15) is 6.23 Å². The summed E-state index contributed by atoms with van der Waals surface area (Å²) in [5.74, 6) is 0.436. The third-order valence-electron chi connectivity index (χ3n) is 3.61. The van der Waals surface area contributed by atoms with Crippen LogP contribution in [0.15, 0.2) is 23.9 Å². The largest absolute Gasteiger partial charge is 0.399 e. The molecule has 0 bridgehead atoms. The molecule has 16 heavy (non-hydrogen) atoms. The molecule has 0 radical (unpaired) electrons. The zero-order valence-electron chi connectivity index (χ0n) is 9.73. The fraction of sp³-hybridized carbons (Fsp3) is 0.692. The SMILES string of the molecule is NC1=CCC(NC(O)C2CCCCC2)C=C1. The summed E-state index contributed by atoms with van der Waals surface area (Å²) in [6.45, 7) is 0. The Kier molecular flexibility index (Phi) is 4.02. The van der Waals surface area contributed by atoms with E-state index in [1.165, 1.54) is 19.3 Å². The molecule has 0 aromatic heterocycles. The molecule has 0 aliphatic heterocycles. The summed E-state index contributed by atoms with van der Waals surface area (Å²) in [5.41, 5.74) is 6.48. The number of aliphatic hydroxyl groups is 1. The predicted octanol–water partition coefficient (Wildman–Crippen LogP) is 1.65. The first-order valence-corrected chi connectivity index (χ1v) is 6.33. The maximum Gasteiger partial charge on any atom is 0.108 e. The summed E-state index contributed by atoms with van der Waals surface area (Å²) >= 11 is 0. The summed E-state index contributed by atoms with van der Waals surface area (Å²) < 4.78 is 0. The lowest BCUT2D eigenvalue weighted by molar-refractivity contribution is 0.0493. The van der Waals surface area contributed by atoms with Crippen LogP contribution in [-0.2, 0) is 0 Å². The second kappa shape index (κ2) is 5.51. The Hall–Kier alpha value is -0.800. The second-order valence-electron chi connectivity index (χ2n) is 4.92. The summed E-state index contributed by atoms with van der Waals surface area (Å²) in [4.78, 5) is 0. The van der Waals surface area contributed by atoms with Crippen molar-refractivity contribution >= 4 is 0 Å². The van der Waals surface area contributed by atoms with Crippen molar-refractivity contribution in [1.82, 2.24) is 5.32 Å². The monoisotopic (exact) mass is 222 g/mol. The van der Waals surface area contributed by atoms with Gasteiger partial charge in [-0.1, -0.05) is 31.4 Å². The average Bonchev–Trinajstić information content (AvgIpc) is 2.33. The van der Waals surface area contributed by atoms with E-state index in [0.717, 1.165) is 25.0 Å². The van der Waals surface area contributed by atoms with Crippen molar-refractivity contribution in [2.45, 2.75) is 50.8 Å². The minimum Gasteiger partial charge on any atom is -0.399 e. The van der Waals surface area contributed by atoms with Crippen molar-refractivity contribution in [3.05, 3.63) is 23.9 Å². The van der Waals surface area contributed by atoms with E-state index in [9.17, 15) is 5.11 Å². The molecule has 2 atom stereocenters. The predicted molar refractivity (Wildman–Crippen MR) is 65.5 cm³/mol. The quantitative estimate of drug-likeness (QED) is 0.636. The molecular weight excluding hydrogens is 200 g/mol. The van der Waals surface area contributed by atoms with E-state index in [1.54, 1.807) is 0 Å². The lowest BCUT2D eigenvalue weighted by Crippen LogP contribution is -2.43. The van der Waals surface area contributed by atoms with Gasteiger partial charge in [-0.2, -0.15) is 0 Å². The van der Waals surface area contributed by atoms with Gasteiger partial charge in [0.15, 0.2) is 0 Å². The van der Waals surface area contributed by atoms with Crippen LogP contribution < -0.4 is 11.1 Å². The molecule has 3 nitrogen and oxygen atoms in total. The van der Waals surface area contributed by atoms with E-state index in [-0.39, 0.29) is 12.3 Å². The fourth-order valence-electron chi connectivity index (χ4n) is 2.57. The van der Waals surface area contributed by atoms with Crippen molar-refractivity contribution < 1.29 is 5.11 Å². The van der Waals surface area contributed by atoms with Gasteiger partial charge in [0.05, 0.1) is 0 Å². The highest BCUT2D eigenvalue weighted by Crippen LogP contribution is 2.26. The molecular formula is C13H22N2O. The minimum atomic E-state index is -0.359. The summed E-state index contributed by atoms with van der Waals surface area (Å²) in [7, 11) is 0. The van der Waals surface area contributed by atoms with Gasteiger partial charge >= 0.3 is 0 Å². The number of hydrogen-bond acceptors (Lipinski definition) is 3. The Morgan fingerprint density at radius 1 is 1.31 bits per heavy atom. The van der Waals surface area contributed by atoms with Crippen molar-refractivity contribution in [2.75, 3.05) is 0 Å². The molecule has 0 amide bonds. The molecule has 1 fully saturated rings. The lowest BCUT2D eigenvalue weighted by atomic mass is 9.87. The molecule has 0 aromatic carbocycles. The van der Waals surface area contributed by atoms with Gasteiger partial charge in [-0.25, -0.2) is 0 Å². The molecule has 0 aromatic rings. The van der Waals surface area contributed by atoms with Crippen molar-refractivity contribution in [3.63, 3.8) is 0 Å². The van der Waals surface area contributed by atoms with E-state index in [2.05, 4.69) is 5.32 Å². The lowest BCUT2D eigenvalue weighted by Gasteiger charge is -2.30. The van der Waals surface area contributed by atoms with Crippen LogP contribution in [0.3, 0.4) is 0 Å². The number of hydrogen-bond donors (Lipinski definition) is 3. The topological polar surface area (TPSA) is 58.3 Å². The molecule has 2 unspecified atom stereocenters. The second-order valence-corrected chi connectivity index (χ2v) is 4.92. The van der Waals surface area contributed by atoms with Crippen LogP contribution in [0.4, 0.5) is 0 Å². The first-order chi connectivity index (χ1) is 7.75. The van der Waals surface area contributed by atoms with Crippen LogP contribution in [0, 0.1) is 5.92 Å². The van der Waals surface area contributed by atoms with Gasteiger partial charge < -0.3 is 10.8 Å². The van der Waals surface area contributed by atoms with Crippen LogP contribution in [0.25, 0.3) is 0 Å². The standard InChI is InChI=1S/C13H22N2O/c14-11-6-8-12(9-7-11)15-13(16)10-4-2-1-3-5-10/h6-8,10,12-13,15-16H,1-5,9,14H2. The van der Waals surface area contributed by atoms with Crippen molar-refractivity contribution in [3.8, 4) is 0 Å². The van der Waals surface area contributed by atoms with Gasteiger partial charge in [-0.3, -0.25) is 5.32 Å². The molecule has 2 aliphatic rings. The normalized spacial score (nSPS) is 28.8. The van der Waals surface area contributed by atoms with Crippen LogP contribution in [0.1, 0.15) is 38.5 Å². The third kappa shape index (κ3) is 3.09.